The number of rotatable bonds is 7. The molecule has 0 spiro atoms. The highest BCUT2D eigenvalue weighted by atomic mass is 16.5. The molecule has 2 rings (SSSR count). The van der Waals surface area contributed by atoms with Crippen molar-refractivity contribution in [2.75, 3.05) is 13.7 Å². The second kappa shape index (κ2) is 8.53. The van der Waals surface area contributed by atoms with E-state index in [9.17, 15) is 4.79 Å². The number of amides is 1. The third kappa shape index (κ3) is 4.46. The largest absolute Gasteiger partial charge is 0.493 e. The summed E-state index contributed by atoms with van der Waals surface area (Å²) < 4.78 is 10.8. The Labute approximate surface area is 141 Å². The normalized spacial score (nSPS) is 10.4. The van der Waals surface area contributed by atoms with Crippen LogP contribution in [0, 0.1) is 6.92 Å². The van der Waals surface area contributed by atoms with E-state index >= 15 is 0 Å². The summed E-state index contributed by atoms with van der Waals surface area (Å²) in [5.74, 6) is 0.965. The number of benzene rings is 2. The summed E-state index contributed by atoms with van der Waals surface area (Å²) >= 11 is 0. The highest BCUT2D eigenvalue weighted by Gasteiger charge is 2.07. The van der Waals surface area contributed by atoms with Crippen LogP contribution >= 0.6 is 0 Å². The predicted molar refractivity (Wildman–Crippen MR) is 94.9 cm³/mol. The number of aryl methyl sites for hydroxylation is 1. The van der Waals surface area contributed by atoms with Crippen LogP contribution < -0.4 is 14.9 Å². The lowest BCUT2D eigenvalue weighted by Crippen LogP contribution is -2.18. The van der Waals surface area contributed by atoms with Crippen LogP contribution in [0.4, 0.5) is 0 Å². The topological polar surface area (TPSA) is 59.9 Å². The maximum absolute atomic E-state index is 12.1. The van der Waals surface area contributed by atoms with Gasteiger partial charge in [-0.3, -0.25) is 4.79 Å². The summed E-state index contributed by atoms with van der Waals surface area (Å²) in [5.41, 5.74) is 4.80. The average Bonchev–Trinajstić information content (AvgIpc) is 2.60. The van der Waals surface area contributed by atoms with Crippen molar-refractivity contribution >= 4 is 12.1 Å². The number of hydrogen-bond acceptors (Lipinski definition) is 4. The van der Waals surface area contributed by atoms with E-state index < -0.39 is 0 Å². The van der Waals surface area contributed by atoms with Crippen molar-refractivity contribution in [2.24, 2.45) is 5.10 Å². The molecular formula is C19H20N2O3. The van der Waals surface area contributed by atoms with Crippen LogP contribution in [0.25, 0.3) is 0 Å². The molecular weight excluding hydrogens is 304 g/mol. The maximum atomic E-state index is 12.1. The number of nitrogens with one attached hydrogen (secondary N) is 1. The fraction of sp³-hybridized carbons (Fsp3) is 0.158. The van der Waals surface area contributed by atoms with Gasteiger partial charge in [0.2, 0.25) is 0 Å². The molecule has 5 nitrogen and oxygen atoms in total. The summed E-state index contributed by atoms with van der Waals surface area (Å²) in [4.78, 5) is 12.1. The van der Waals surface area contributed by atoms with Crippen LogP contribution in [0.1, 0.15) is 21.5 Å². The number of nitrogens with zero attached hydrogens (tertiary/aromatic N) is 1. The second-order valence-electron chi connectivity index (χ2n) is 5.02. The second-order valence-corrected chi connectivity index (χ2v) is 5.02. The van der Waals surface area contributed by atoms with Crippen LogP contribution in [0.3, 0.4) is 0 Å². The number of methoxy groups -OCH3 is 1. The molecule has 0 bridgehead atoms. The van der Waals surface area contributed by atoms with Crippen molar-refractivity contribution in [3.63, 3.8) is 0 Å². The van der Waals surface area contributed by atoms with Gasteiger partial charge in [-0.25, -0.2) is 5.43 Å². The Morgan fingerprint density at radius 2 is 2.04 bits per heavy atom. The van der Waals surface area contributed by atoms with Gasteiger partial charge < -0.3 is 9.47 Å². The van der Waals surface area contributed by atoms with E-state index in [1.807, 2.05) is 31.2 Å². The van der Waals surface area contributed by atoms with Gasteiger partial charge in [-0.1, -0.05) is 30.9 Å². The summed E-state index contributed by atoms with van der Waals surface area (Å²) in [7, 11) is 1.57. The van der Waals surface area contributed by atoms with Gasteiger partial charge in [0.25, 0.3) is 5.91 Å². The minimum Gasteiger partial charge on any atom is -0.493 e. The first kappa shape index (κ1) is 17.3. The van der Waals surface area contributed by atoms with Gasteiger partial charge in [-0.15, -0.1) is 0 Å². The van der Waals surface area contributed by atoms with Gasteiger partial charge in [0.15, 0.2) is 11.5 Å². The molecule has 0 aromatic heterocycles. The van der Waals surface area contributed by atoms with Crippen LogP contribution in [-0.2, 0) is 0 Å². The third-order valence-corrected chi connectivity index (χ3v) is 3.31. The van der Waals surface area contributed by atoms with E-state index in [0.29, 0.717) is 23.7 Å². The van der Waals surface area contributed by atoms with E-state index in [2.05, 4.69) is 17.1 Å². The minimum atomic E-state index is -0.248. The average molecular weight is 324 g/mol. The van der Waals surface area contributed by atoms with Crippen LogP contribution in [0.15, 0.2) is 60.2 Å². The lowest BCUT2D eigenvalue weighted by atomic mass is 10.1. The molecule has 5 heteroatoms. The monoisotopic (exact) mass is 324 g/mol. The van der Waals surface area contributed by atoms with Crippen molar-refractivity contribution in [1.82, 2.24) is 5.43 Å². The Hall–Kier alpha value is -3.08. The summed E-state index contributed by atoms with van der Waals surface area (Å²) in [6, 6.07) is 12.7. The SMILES string of the molecule is C=CCOc1ccc(/C=N/NC(=O)c2ccccc2C)cc1OC. The van der Waals surface area contributed by atoms with E-state index in [1.54, 1.807) is 37.6 Å². The molecule has 0 radical (unpaired) electrons. The lowest BCUT2D eigenvalue weighted by Gasteiger charge is -2.09. The van der Waals surface area contributed by atoms with Crippen LogP contribution in [-0.4, -0.2) is 25.8 Å². The molecule has 2 aromatic rings. The third-order valence-electron chi connectivity index (χ3n) is 3.31. The summed E-state index contributed by atoms with van der Waals surface area (Å²) in [6.45, 7) is 5.89. The van der Waals surface area contributed by atoms with Gasteiger partial charge in [0, 0.05) is 5.56 Å². The molecule has 0 aliphatic rings. The fourth-order valence-electron chi connectivity index (χ4n) is 2.09. The van der Waals surface area contributed by atoms with Crippen molar-refractivity contribution < 1.29 is 14.3 Å². The van der Waals surface area contributed by atoms with Gasteiger partial charge in [-0.2, -0.15) is 5.10 Å². The first-order valence-electron chi connectivity index (χ1n) is 7.46. The zero-order valence-electron chi connectivity index (χ0n) is 13.8. The van der Waals surface area contributed by atoms with Crippen molar-refractivity contribution in [3.8, 4) is 11.5 Å². The standard InChI is InChI=1S/C19H20N2O3/c1-4-11-24-17-10-9-15(12-18(17)23-3)13-20-21-19(22)16-8-6-5-7-14(16)2/h4-10,12-13H,1,11H2,2-3H3,(H,21,22)/b20-13+. The first-order chi connectivity index (χ1) is 11.7. The molecule has 0 fully saturated rings. The van der Waals surface area contributed by atoms with E-state index in [0.717, 1.165) is 11.1 Å². The maximum Gasteiger partial charge on any atom is 0.271 e. The zero-order chi connectivity index (χ0) is 17.4. The smallest absolute Gasteiger partial charge is 0.271 e. The number of hydrazone groups is 1. The Balaban J connectivity index is 2.05. The Kier molecular flexibility index (Phi) is 6.14. The lowest BCUT2D eigenvalue weighted by molar-refractivity contribution is 0.0954. The fourth-order valence-corrected chi connectivity index (χ4v) is 2.09. The van der Waals surface area contributed by atoms with Gasteiger partial charge >= 0.3 is 0 Å². The predicted octanol–water partition coefficient (Wildman–Crippen LogP) is 3.33. The Morgan fingerprint density at radius 3 is 2.75 bits per heavy atom. The summed E-state index contributed by atoms with van der Waals surface area (Å²) in [6.07, 6.45) is 3.21. The number of ether oxygens (including phenoxy) is 2. The molecule has 0 aliphatic heterocycles. The molecule has 0 unspecified atom stereocenters. The molecule has 0 heterocycles. The molecule has 0 saturated carbocycles. The molecule has 24 heavy (non-hydrogen) atoms. The van der Waals surface area contributed by atoms with Gasteiger partial charge in [0.05, 0.1) is 13.3 Å². The Bertz CT molecular complexity index is 754. The van der Waals surface area contributed by atoms with E-state index in [1.165, 1.54) is 0 Å². The summed E-state index contributed by atoms with van der Waals surface area (Å²) in [5, 5.41) is 3.99. The van der Waals surface area contributed by atoms with Crippen molar-refractivity contribution in [2.45, 2.75) is 6.92 Å². The molecule has 0 aliphatic carbocycles. The quantitative estimate of drug-likeness (QED) is 0.483. The molecule has 0 atom stereocenters. The van der Waals surface area contributed by atoms with E-state index in [-0.39, 0.29) is 5.91 Å². The zero-order valence-corrected chi connectivity index (χ0v) is 13.8. The Morgan fingerprint density at radius 1 is 1.25 bits per heavy atom. The van der Waals surface area contributed by atoms with E-state index in [4.69, 9.17) is 9.47 Å². The van der Waals surface area contributed by atoms with Gasteiger partial charge in [-0.05, 0) is 42.3 Å². The number of carbonyl (C=O) groups is 1. The highest BCUT2D eigenvalue weighted by Crippen LogP contribution is 2.27. The highest BCUT2D eigenvalue weighted by molar-refractivity contribution is 5.96. The van der Waals surface area contributed by atoms with Crippen LogP contribution in [0.2, 0.25) is 0 Å². The number of carbonyl (C=O) groups excluding carboxylic acids is 1. The minimum absolute atomic E-state index is 0.248. The molecule has 2 aromatic carbocycles. The molecule has 0 saturated heterocycles. The molecule has 1 amide bonds. The molecule has 1 N–H and O–H groups in total. The first-order valence-corrected chi connectivity index (χ1v) is 7.46. The van der Waals surface area contributed by atoms with Crippen LogP contribution in [0.5, 0.6) is 11.5 Å². The number of hydrogen-bond donors (Lipinski definition) is 1. The van der Waals surface area contributed by atoms with Crippen molar-refractivity contribution in [3.05, 3.63) is 71.8 Å². The molecule has 124 valence electrons. The van der Waals surface area contributed by atoms with Gasteiger partial charge in [0.1, 0.15) is 6.61 Å². The van der Waals surface area contributed by atoms with Crippen molar-refractivity contribution in [1.29, 1.82) is 0 Å².